The largest absolute Gasteiger partial charge is 0.385 e. The van der Waals surface area contributed by atoms with Gasteiger partial charge in [0.15, 0.2) is 0 Å². The minimum Gasteiger partial charge on any atom is -0.385 e. The Labute approximate surface area is 67.0 Å². The Hall–Kier alpha value is -1.58. The molecule has 0 amide bonds. The van der Waals surface area contributed by atoms with Crippen LogP contribution in [-0.4, -0.2) is 4.98 Å². The average Bonchev–Trinajstić information content (AvgIpc) is 2.29. The van der Waals surface area contributed by atoms with Gasteiger partial charge in [0.2, 0.25) is 0 Å². The quantitative estimate of drug-likeness (QED) is 0.620. The van der Waals surface area contributed by atoms with Crippen molar-refractivity contribution in [1.29, 1.82) is 0 Å². The lowest BCUT2D eigenvalue weighted by Crippen LogP contribution is -1.83. The highest BCUT2D eigenvalue weighted by molar-refractivity contribution is 5.83. The summed E-state index contributed by atoms with van der Waals surface area (Å²) in [6.45, 7) is 0. The monoisotopic (exact) mass is 168 g/mol. The fraction of sp³-hybridized carbons (Fsp3) is 0. The van der Waals surface area contributed by atoms with E-state index in [4.69, 9.17) is 5.73 Å². The molecule has 4 heteroatoms. The molecule has 3 N–H and O–H groups in total. The van der Waals surface area contributed by atoms with Crippen LogP contribution in [0, 0.1) is 11.6 Å². The lowest BCUT2D eigenvalue weighted by atomic mass is 10.2. The summed E-state index contributed by atoms with van der Waals surface area (Å²) in [5, 5.41) is 0.449. The first-order chi connectivity index (χ1) is 5.66. The Morgan fingerprint density at radius 2 is 1.92 bits per heavy atom. The molecule has 0 saturated carbocycles. The van der Waals surface area contributed by atoms with E-state index >= 15 is 0 Å². The van der Waals surface area contributed by atoms with Gasteiger partial charge in [0, 0.05) is 11.5 Å². The molecule has 0 atom stereocenters. The molecule has 0 aliphatic carbocycles. The number of nitrogens with two attached hydrogens (primary N) is 1. The highest BCUT2D eigenvalue weighted by Crippen LogP contribution is 2.20. The van der Waals surface area contributed by atoms with Crippen molar-refractivity contribution in [3.8, 4) is 0 Å². The van der Waals surface area contributed by atoms with Crippen molar-refractivity contribution in [3.05, 3.63) is 29.8 Å². The van der Waals surface area contributed by atoms with Crippen molar-refractivity contribution in [2.24, 2.45) is 0 Å². The minimum atomic E-state index is -0.623. The van der Waals surface area contributed by atoms with Gasteiger partial charge in [-0.15, -0.1) is 0 Å². The van der Waals surface area contributed by atoms with Crippen LogP contribution >= 0.6 is 0 Å². The van der Waals surface area contributed by atoms with Crippen LogP contribution in [0.25, 0.3) is 10.9 Å². The average molecular weight is 168 g/mol. The molecule has 2 nitrogen and oxygen atoms in total. The van der Waals surface area contributed by atoms with Crippen LogP contribution in [0.15, 0.2) is 18.2 Å². The van der Waals surface area contributed by atoms with Crippen LogP contribution in [0.3, 0.4) is 0 Å². The van der Waals surface area contributed by atoms with E-state index in [1.165, 1.54) is 12.1 Å². The lowest BCUT2D eigenvalue weighted by Gasteiger charge is -1.91. The van der Waals surface area contributed by atoms with Crippen molar-refractivity contribution in [3.63, 3.8) is 0 Å². The van der Waals surface area contributed by atoms with Gasteiger partial charge >= 0.3 is 0 Å². The molecule has 0 aliphatic rings. The lowest BCUT2D eigenvalue weighted by molar-refractivity contribution is 0.591. The van der Waals surface area contributed by atoms with Crippen LogP contribution < -0.4 is 5.73 Å². The molecule has 1 heterocycles. The second kappa shape index (κ2) is 2.20. The molecule has 0 spiro atoms. The Balaban J connectivity index is 2.88. The molecule has 0 aliphatic heterocycles. The molecule has 2 aromatic rings. The third-order valence-corrected chi connectivity index (χ3v) is 1.67. The molecule has 12 heavy (non-hydrogen) atoms. The maximum absolute atomic E-state index is 12.9. The van der Waals surface area contributed by atoms with Crippen LogP contribution in [0.1, 0.15) is 0 Å². The van der Waals surface area contributed by atoms with Gasteiger partial charge in [0.25, 0.3) is 0 Å². The van der Waals surface area contributed by atoms with Crippen molar-refractivity contribution < 1.29 is 8.78 Å². The van der Waals surface area contributed by atoms with Gasteiger partial charge in [-0.1, -0.05) is 0 Å². The Kier molecular flexibility index (Phi) is 1.30. The van der Waals surface area contributed by atoms with Crippen molar-refractivity contribution in [2.45, 2.75) is 0 Å². The zero-order valence-corrected chi connectivity index (χ0v) is 6.07. The molecular formula is C8H6F2N2. The summed E-state index contributed by atoms with van der Waals surface area (Å²) in [6, 6.07) is 3.53. The Morgan fingerprint density at radius 3 is 2.67 bits per heavy atom. The van der Waals surface area contributed by atoms with Gasteiger partial charge in [-0.3, -0.25) is 0 Å². The Bertz CT molecular complexity index is 434. The molecule has 0 radical (unpaired) electrons. The fourth-order valence-corrected chi connectivity index (χ4v) is 1.19. The standard InChI is InChI=1S/C8H6F2N2/c9-5-1-4-2-7(11)12-8(4)6(10)3-5/h1-3,12H,11H2. The maximum atomic E-state index is 12.9. The van der Waals surface area contributed by atoms with Crippen LogP contribution in [-0.2, 0) is 0 Å². The van der Waals surface area contributed by atoms with E-state index in [0.717, 1.165) is 6.07 Å². The Morgan fingerprint density at radius 1 is 1.17 bits per heavy atom. The van der Waals surface area contributed by atoms with Gasteiger partial charge < -0.3 is 10.7 Å². The normalized spacial score (nSPS) is 10.8. The number of benzene rings is 1. The highest BCUT2D eigenvalue weighted by atomic mass is 19.1. The second-order valence-electron chi connectivity index (χ2n) is 2.58. The number of fused-ring (bicyclic) bond motifs is 1. The van der Waals surface area contributed by atoms with E-state index in [1.54, 1.807) is 0 Å². The van der Waals surface area contributed by atoms with Crippen LogP contribution in [0.2, 0.25) is 0 Å². The first-order valence-corrected chi connectivity index (χ1v) is 3.40. The van der Waals surface area contributed by atoms with E-state index < -0.39 is 11.6 Å². The summed E-state index contributed by atoms with van der Waals surface area (Å²) in [4.78, 5) is 2.59. The fourth-order valence-electron chi connectivity index (χ4n) is 1.19. The van der Waals surface area contributed by atoms with Gasteiger partial charge in [0.1, 0.15) is 17.5 Å². The molecule has 2 rings (SSSR count). The zero-order valence-electron chi connectivity index (χ0n) is 6.07. The van der Waals surface area contributed by atoms with Gasteiger partial charge in [-0.25, -0.2) is 8.78 Å². The van der Waals surface area contributed by atoms with E-state index in [9.17, 15) is 8.78 Å². The van der Waals surface area contributed by atoms with E-state index in [0.29, 0.717) is 11.2 Å². The molecule has 0 unspecified atom stereocenters. The number of halogens is 2. The number of rotatable bonds is 0. The van der Waals surface area contributed by atoms with E-state index in [2.05, 4.69) is 4.98 Å². The topological polar surface area (TPSA) is 41.8 Å². The number of hydrogen-bond acceptors (Lipinski definition) is 1. The van der Waals surface area contributed by atoms with Crippen molar-refractivity contribution in [2.75, 3.05) is 5.73 Å². The van der Waals surface area contributed by atoms with E-state index in [1.807, 2.05) is 0 Å². The number of nitrogens with one attached hydrogen (secondary N) is 1. The molecule has 0 fully saturated rings. The van der Waals surface area contributed by atoms with Crippen molar-refractivity contribution in [1.82, 2.24) is 4.98 Å². The van der Waals surface area contributed by atoms with Gasteiger partial charge in [0.05, 0.1) is 5.52 Å². The van der Waals surface area contributed by atoms with Crippen LogP contribution in [0.4, 0.5) is 14.6 Å². The SMILES string of the molecule is Nc1cc2cc(F)cc(F)c2[nH]1. The molecule has 62 valence electrons. The summed E-state index contributed by atoms with van der Waals surface area (Å²) in [7, 11) is 0. The maximum Gasteiger partial charge on any atom is 0.150 e. The first-order valence-electron chi connectivity index (χ1n) is 3.40. The first kappa shape index (κ1) is 7.09. The smallest absolute Gasteiger partial charge is 0.150 e. The third-order valence-electron chi connectivity index (χ3n) is 1.67. The molecule has 1 aromatic carbocycles. The molecular weight excluding hydrogens is 162 g/mol. The van der Waals surface area contributed by atoms with Crippen LogP contribution in [0.5, 0.6) is 0 Å². The minimum absolute atomic E-state index is 0.244. The number of aromatic nitrogens is 1. The summed E-state index contributed by atoms with van der Waals surface area (Å²) in [5.41, 5.74) is 5.61. The number of aromatic amines is 1. The van der Waals surface area contributed by atoms with Crippen molar-refractivity contribution >= 4 is 16.7 Å². The van der Waals surface area contributed by atoms with Gasteiger partial charge in [-0.05, 0) is 12.1 Å². The summed E-state index contributed by atoms with van der Waals surface area (Å²) < 4.78 is 25.5. The summed E-state index contributed by atoms with van der Waals surface area (Å²) in [6.07, 6.45) is 0. The highest BCUT2D eigenvalue weighted by Gasteiger charge is 2.05. The zero-order chi connectivity index (χ0) is 8.72. The predicted molar refractivity (Wildman–Crippen MR) is 42.6 cm³/mol. The molecule has 1 aromatic heterocycles. The second-order valence-corrected chi connectivity index (χ2v) is 2.58. The number of nitrogen functional groups attached to an aromatic ring is 1. The summed E-state index contributed by atoms with van der Waals surface area (Å²) >= 11 is 0. The molecule has 0 saturated heterocycles. The number of hydrogen-bond donors (Lipinski definition) is 2. The predicted octanol–water partition coefficient (Wildman–Crippen LogP) is 2.03. The molecule has 0 bridgehead atoms. The van der Waals surface area contributed by atoms with Gasteiger partial charge in [-0.2, -0.15) is 0 Å². The summed E-state index contributed by atoms with van der Waals surface area (Å²) in [5.74, 6) is -0.893. The van der Waals surface area contributed by atoms with E-state index in [-0.39, 0.29) is 5.52 Å². The third kappa shape index (κ3) is 0.922. The number of anilines is 1. The number of H-pyrrole nitrogens is 1.